The molecule has 0 amide bonds. The molecular weight excluding hydrogens is 252 g/mol. The van der Waals surface area contributed by atoms with Crippen molar-refractivity contribution in [2.75, 3.05) is 6.61 Å². The number of aromatic nitrogens is 2. The van der Waals surface area contributed by atoms with Gasteiger partial charge < -0.3 is 4.74 Å². The fourth-order valence-electron chi connectivity index (χ4n) is 2.24. The minimum atomic E-state index is 0.104. The van der Waals surface area contributed by atoms with Crippen molar-refractivity contribution < 1.29 is 9.53 Å². The SMILES string of the molecule is CCOc1ccc(C(=O)Cc2c(C)nn(C)c2C)cc1. The van der Waals surface area contributed by atoms with Crippen LogP contribution in [0.25, 0.3) is 0 Å². The molecule has 0 fully saturated rings. The fourth-order valence-corrected chi connectivity index (χ4v) is 2.24. The number of ether oxygens (including phenoxy) is 1. The van der Waals surface area contributed by atoms with Crippen molar-refractivity contribution in [3.63, 3.8) is 0 Å². The largest absolute Gasteiger partial charge is 0.494 e. The molecule has 106 valence electrons. The summed E-state index contributed by atoms with van der Waals surface area (Å²) in [6.07, 6.45) is 0.388. The first-order valence-corrected chi connectivity index (χ1v) is 6.78. The topological polar surface area (TPSA) is 44.1 Å². The van der Waals surface area contributed by atoms with E-state index in [4.69, 9.17) is 4.74 Å². The maximum atomic E-state index is 12.3. The molecule has 1 aromatic heterocycles. The lowest BCUT2D eigenvalue weighted by molar-refractivity contribution is 0.0992. The van der Waals surface area contributed by atoms with E-state index in [0.29, 0.717) is 18.6 Å². The highest BCUT2D eigenvalue weighted by molar-refractivity contribution is 5.97. The van der Waals surface area contributed by atoms with Gasteiger partial charge in [0.2, 0.25) is 0 Å². The van der Waals surface area contributed by atoms with Gasteiger partial charge in [0.1, 0.15) is 5.75 Å². The summed E-state index contributed by atoms with van der Waals surface area (Å²) in [6, 6.07) is 7.29. The number of Topliss-reactive ketones (excluding diaryl/α,β-unsaturated/α-hetero) is 1. The zero-order valence-corrected chi connectivity index (χ0v) is 12.4. The average molecular weight is 272 g/mol. The monoisotopic (exact) mass is 272 g/mol. The van der Waals surface area contributed by atoms with Gasteiger partial charge in [-0.15, -0.1) is 0 Å². The van der Waals surface area contributed by atoms with Gasteiger partial charge in [0, 0.05) is 30.3 Å². The Morgan fingerprint density at radius 3 is 2.40 bits per heavy atom. The number of hydrogen-bond donors (Lipinski definition) is 0. The number of carbonyl (C=O) groups is 1. The van der Waals surface area contributed by atoms with E-state index in [-0.39, 0.29) is 5.78 Å². The van der Waals surface area contributed by atoms with E-state index in [0.717, 1.165) is 22.7 Å². The molecule has 2 aromatic rings. The molecule has 0 aliphatic heterocycles. The number of benzene rings is 1. The van der Waals surface area contributed by atoms with Gasteiger partial charge in [0.25, 0.3) is 0 Å². The van der Waals surface area contributed by atoms with Crippen molar-refractivity contribution in [2.45, 2.75) is 27.2 Å². The lowest BCUT2D eigenvalue weighted by Gasteiger charge is -2.05. The zero-order valence-electron chi connectivity index (χ0n) is 12.4. The van der Waals surface area contributed by atoms with E-state index in [1.165, 1.54) is 0 Å². The number of hydrogen-bond acceptors (Lipinski definition) is 3. The van der Waals surface area contributed by atoms with Crippen LogP contribution in [0.1, 0.15) is 34.2 Å². The van der Waals surface area contributed by atoms with E-state index >= 15 is 0 Å². The highest BCUT2D eigenvalue weighted by Crippen LogP contribution is 2.17. The molecule has 0 N–H and O–H groups in total. The van der Waals surface area contributed by atoms with Crippen molar-refractivity contribution in [2.24, 2.45) is 7.05 Å². The molecule has 0 aliphatic carbocycles. The normalized spacial score (nSPS) is 10.6. The van der Waals surface area contributed by atoms with Crippen molar-refractivity contribution in [3.05, 3.63) is 46.8 Å². The number of aryl methyl sites for hydroxylation is 2. The van der Waals surface area contributed by atoms with Gasteiger partial charge in [-0.05, 0) is 45.0 Å². The van der Waals surface area contributed by atoms with E-state index in [1.54, 1.807) is 0 Å². The zero-order chi connectivity index (χ0) is 14.7. The molecule has 0 atom stereocenters. The quantitative estimate of drug-likeness (QED) is 0.786. The first-order valence-electron chi connectivity index (χ1n) is 6.78. The van der Waals surface area contributed by atoms with Crippen LogP contribution in [-0.2, 0) is 13.5 Å². The highest BCUT2D eigenvalue weighted by atomic mass is 16.5. The van der Waals surface area contributed by atoms with Crippen LogP contribution in [0.15, 0.2) is 24.3 Å². The van der Waals surface area contributed by atoms with Crippen LogP contribution in [0.5, 0.6) is 5.75 Å². The summed E-state index contributed by atoms with van der Waals surface area (Å²) in [5.41, 5.74) is 3.69. The third-order valence-electron chi connectivity index (χ3n) is 3.48. The van der Waals surface area contributed by atoms with Crippen LogP contribution >= 0.6 is 0 Å². The second-order valence-electron chi connectivity index (χ2n) is 4.83. The first-order chi connectivity index (χ1) is 9.52. The van der Waals surface area contributed by atoms with Gasteiger partial charge >= 0.3 is 0 Å². The molecule has 0 spiro atoms. The highest BCUT2D eigenvalue weighted by Gasteiger charge is 2.14. The predicted molar refractivity (Wildman–Crippen MR) is 78.3 cm³/mol. The molecule has 20 heavy (non-hydrogen) atoms. The van der Waals surface area contributed by atoms with Crippen LogP contribution in [0.4, 0.5) is 0 Å². The van der Waals surface area contributed by atoms with E-state index < -0.39 is 0 Å². The standard InChI is InChI=1S/C16H20N2O2/c1-5-20-14-8-6-13(7-9-14)16(19)10-15-11(2)17-18(4)12(15)3/h6-9H,5,10H2,1-4H3. The Balaban J connectivity index is 2.15. The molecular formula is C16H20N2O2. The summed E-state index contributed by atoms with van der Waals surface area (Å²) in [7, 11) is 1.90. The predicted octanol–water partition coefficient (Wildman–Crippen LogP) is 2.86. The van der Waals surface area contributed by atoms with Gasteiger partial charge in [-0.2, -0.15) is 5.10 Å². The first kappa shape index (κ1) is 14.3. The third kappa shape index (κ3) is 2.90. The second-order valence-corrected chi connectivity index (χ2v) is 4.83. The molecule has 0 bridgehead atoms. The lowest BCUT2D eigenvalue weighted by Crippen LogP contribution is -2.05. The van der Waals surface area contributed by atoms with E-state index in [2.05, 4.69) is 5.10 Å². The van der Waals surface area contributed by atoms with Gasteiger partial charge in [-0.25, -0.2) is 0 Å². The number of rotatable bonds is 5. The van der Waals surface area contributed by atoms with Gasteiger partial charge in [-0.1, -0.05) is 0 Å². The molecule has 1 aromatic carbocycles. The Morgan fingerprint density at radius 1 is 1.25 bits per heavy atom. The summed E-state index contributed by atoms with van der Waals surface area (Å²) < 4.78 is 7.19. The molecule has 0 radical (unpaired) electrons. The van der Waals surface area contributed by atoms with Crippen LogP contribution in [0.3, 0.4) is 0 Å². The molecule has 1 heterocycles. The van der Waals surface area contributed by atoms with Crippen molar-refractivity contribution in [1.29, 1.82) is 0 Å². The van der Waals surface area contributed by atoms with Crippen LogP contribution < -0.4 is 4.74 Å². The molecule has 2 rings (SSSR count). The van der Waals surface area contributed by atoms with Crippen molar-refractivity contribution in [1.82, 2.24) is 9.78 Å². The van der Waals surface area contributed by atoms with Gasteiger partial charge in [-0.3, -0.25) is 9.48 Å². The molecule has 0 saturated heterocycles. The average Bonchev–Trinajstić information content (AvgIpc) is 2.66. The Hall–Kier alpha value is -2.10. The smallest absolute Gasteiger partial charge is 0.167 e. The van der Waals surface area contributed by atoms with Gasteiger partial charge in [0.15, 0.2) is 5.78 Å². The Morgan fingerprint density at radius 2 is 1.90 bits per heavy atom. The summed E-state index contributed by atoms with van der Waals surface area (Å²) in [4.78, 5) is 12.3. The van der Waals surface area contributed by atoms with Crippen LogP contribution in [-0.4, -0.2) is 22.2 Å². The maximum Gasteiger partial charge on any atom is 0.167 e. The number of carbonyl (C=O) groups excluding carboxylic acids is 1. The minimum absolute atomic E-state index is 0.104. The summed E-state index contributed by atoms with van der Waals surface area (Å²) in [5.74, 6) is 0.894. The van der Waals surface area contributed by atoms with Gasteiger partial charge in [0.05, 0.1) is 12.3 Å². The fraction of sp³-hybridized carbons (Fsp3) is 0.375. The minimum Gasteiger partial charge on any atom is -0.494 e. The molecule has 4 heteroatoms. The second kappa shape index (κ2) is 5.90. The molecule has 0 unspecified atom stereocenters. The Labute approximate surface area is 119 Å². The van der Waals surface area contributed by atoms with Crippen molar-refractivity contribution in [3.8, 4) is 5.75 Å². The summed E-state index contributed by atoms with van der Waals surface area (Å²) in [5, 5.41) is 4.34. The third-order valence-corrected chi connectivity index (χ3v) is 3.48. The lowest BCUT2D eigenvalue weighted by atomic mass is 10.0. The number of nitrogens with zero attached hydrogens (tertiary/aromatic N) is 2. The van der Waals surface area contributed by atoms with E-state index in [1.807, 2.05) is 56.8 Å². The van der Waals surface area contributed by atoms with E-state index in [9.17, 15) is 4.79 Å². The molecule has 0 saturated carbocycles. The summed E-state index contributed by atoms with van der Waals surface area (Å²) >= 11 is 0. The Kier molecular flexibility index (Phi) is 4.23. The summed E-state index contributed by atoms with van der Waals surface area (Å²) in [6.45, 7) is 6.49. The van der Waals surface area contributed by atoms with Crippen molar-refractivity contribution >= 4 is 5.78 Å². The number of ketones is 1. The molecule has 4 nitrogen and oxygen atoms in total. The maximum absolute atomic E-state index is 12.3. The van der Waals surface area contributed by atoms with Crippen LogP contribution in [0, 0.1) is 13.8 Å². The van der Waals surface area contributed by atoms with Crippen LogP contribution in [0.2, 0.25) is 0 Å². The Bertz CT molecular complexity index is 612. The molecule has 0 aliphatic rings.